The van der Waals surface area contributed by atoms with E-state index >= 15 is 0 Å². The van der Waals surface area contributed by atoms with E-state index in [1.165, 1.54) is 11.3 Å². The van der Waals surface area contributed by atoms with Crippen LogP contribution in [0.5, 0.6) is 5.75 Å². The number of carbonyl (C=O) groups excluding carboxylic acids is 2. The molecule has 3 rings (SSSR count). The molecule has 2 N–H and O–H groups in total. The Labute approximate surface area is 168 Å². The molecule has 1 aliphatic heterocycles. The molecular weight excluding hydrogens is 405 g/mol. The van der Waals surface area contributed by atoms with Crippen LogP contribution >= 0.6 is 11.3 Å². The number of esters is 1. The van der Waals surface area contributed by atoms with Gasteiger partial charge in [0.15, 0.2) is 5.75 Å². The molecule has 2 aromatic rings. The lowest BCUT2D eigenvalue weighted by molar-refractivity contribution is -0.385. The highest BCUT2D eigenvalue weighted by atomic mass is 32.1. The summed E-state index contributed by atoms with van der Waals surface area (Å²) in [7, 11) is 0. The summed E-state index contributed by atoms with van der Waals surface area (Å²) in [6, 6.07) is 4.93. The molecule has 9 nitrogen and oxygen atoms in total. The van der Waals surface area contributed by atoms with Gasteiger partial charge in [-0.2, -0.15) is 0 Å². The largest absolute Gasteiger partial charge is 0.480 e. The number of rotatable bonds is 7. The third-order valence-electron chi connectivity index (χ3n) is 3.97. The van der Waals surface area contributed by atoms with Crippen LogP contribution in [0.3, 0.4) is 0 Å². The van der Waals surface area contributed by atoms with Crippen molar-refractivity contribution in [2.45, 2.75) is 13.0 Å². The summed E-state index contributed by atoms with van der Waals surface area (Å²) in [6.45, 7) is 1.34. The van der Waals surface area contributed by atoms with E-state index in [1.807, 2.05) is 0 Å². The summed E-state index contributed by atoms with van der Waals surface area (Å²) in [6.07, 6.45) is 0. The van der Waals surface area contributed by atoms with Gasteiger partial charge in [-0.3, -0.25) is 10.1 Å². The average Bonchev–Trinajstić information content (AvgIpc) is 3.20. The Kier molecular flexibility index (Phi) is 6.07. The average molecular weight is 421 g/mol. The first-order chi connectivity index (χ1) is 13.9. The van der Waals surface area contributed by atoms with Gasteiger partial charge in [0, 0.05) is 17.0 Å². The second kappa shape index (κ2) is 8.69. The number of nitrogens with zero attached hydrogens (tertiary/aromatic N) is 1. The highest BCUT2D eigenvalue weighted by molar-refractivity contribution is 7.10. The van der Waals surface area contributed by atoms with Gasteiger partial charge >= 0.3 is 17.7 Å². The zero-order chi connectivity index (χ0) is 21.0. The molecule has 0 aliphatic carbocycles. The predicted octanol–water partition coefficient (Wildman–Crippen LogP) is 3.05. The number of benzene rings is 1. The first kappa shape index (κ1) is 20.3. The van der Waals surface area contributed by atoms with Crippen molar-refractivity contribution in [2.75, 3.05) is 13.2 Å². The number of urea groups is 1. The fourth-order valence-corrected chi connectivity index (χ4v) is 3.54. The van der Waals surface area contributed by atoms with Crippen LogP contribution < -0.4 is 15.4 Å². The minimum Gasteiger partial charge on any atom is -0.480 e. The van der Waals surface area contributed by atoms with Crippen LogP contribution in [0.25, 0.3) is 0 Å². The van der Waals surface area contributed by atoms with Crippen molar-refractivity contribution in [2.24, 2.45) is 0 Å². The molecule has 0 fully saturated rings. The number of nitrogens with one attached hydrogen (secondary N) is 2. The number of carbonyl (C=O) groups is 2. The summed E-state index contributed by atoms with van der Waals surface area (Å²) in [5.41, 5.74) is -0.267. The highest BCUT2D eigenvalue weighted by Gasteiger charge is 2.34. The highest BCUT2D eigenvalue weighted by Crippen LogP contribution is 2.32. The van der Waals surface area contributed by atoms with Crippen LogP contribution in [0.1, 0.15) is 17.8 Å². The first-order valence-electron chi connectivity index (χ1n) is 8.48. The summed E-state index contributed by atoms with van der Waals surface area (Å²) >= 11 is 1.33. The van der Waals surface area contributed by atoms with Gasteiger partial charge < -0.3 is 20.1 Å². The van der Waals surface area contributed by atoms with Gasteiger partial charge in [-0.15, -0.1) is 11.3 Å². The van der Waals surface area contributed by atoms with Crippen LogP contribution in [0.2, 0.25) is 0 Å². The lowest BCUT2D eigenvalue weighted by Crippen LogP contribution is -2.47. The summed E-state index contributed by atoms with van der Waals surface area (Å²) in [5.74, 6) is -1.73. The number of halogens is 1. The van der Waals surface area contributed by atoms with E-state index in [0.717, 1.165) is 18.2 Å². The van der Waals surface area contributed by atoms with Gasteiger partial charge in [0.05, 0.1) is 28.8 Å². The van der Waals surface area contributed by atoms with E-state index < -0.39 is 41.1 Å². The van der Waals surface area contributed by atoms with E-state index in [0.29, 0.717) is 4.88 Å². The Balaban J connectivity index is 1.98. The monoisotopic (exact) mass is 421 g/mol. The van der Waals surface area contributed by atoms with E-state index in [2.05, 4.69) is 10.6 Å². The molecule has 0 saturated carbocycles. The Hall–Kier alpha value is -3.47. The maximum absolute atomic E-state index is 13.5. The van der Waals surface area contributed by atoms with E-state index in [-0.39, 0.29) is 23.6 Å². The fraction of sp³-hybridized carbons (Fsp3) is 0.222. The van der Waals surface area contributed by atoms with Crippen molar-refractivity contribution in [3.8, 4) is 5.75 Å². The predicted molar refractivity (Wildman–Crippen MR) is 101 cm³/mol. The second-order valence-electron chi connectivity index (χ2n) is 5.82. The molecule has 0 saturated heterocycles. The smallest absolute Gasteiger partial charge is 0.338 e. The SMILES string of the molecule is CCOC(=O)C1=C(COc2cc(F)ccc2[N+](=O)[O-])NC(=O)NC1c1cccs1. The zero-order valence-corrected chi connectivity index (χ0v) is 16.0. The Morgan fingerprint density at radius 1 is 1.38 bits per heavy atom. The summed E-state index contributed by atoms with van der Waals surface area (Å²) < 4.78 is 24.0. The van der Waals surface area contributed by atoms with Gasteiger partial charge in [0.2, 0.25) is 0 Å². The van der Waals surface area contributed by atoms with Crippen LogP contribution in [-0.2, 0) is 9.53 Å². The third-order valence-corrected chi connectivity index (χ3v) is 4.90. The lowest BCUT2D eigenvalue weighted by atomic mass is 10.0. The molecule has 2 amide bonds. The second-order valence-corrected chi connectivity index (χ2v) is 6.80. The zero-order valence-electron chi connectivity index (χ0n) is 15.1. The number of nitro groups is 1. The molecule has 0 bridgehead atoms. The number of ether oxygens (including phenoxy) is 2. The molecule has 1 aliphatic rings. The fourth-order valence-electron chi connectivity index (χ4n) is 2.75. The third kappa shape index (κ3) is 4.51. The molecule has 152 valence electrons. The number of nitro benzene ring substituents is 1. The number of amides is 2. The van der Waals surface area contributed by atoms with Crippen molar-refractivity contribution >= 4 is 29.0 Å². The molecule has 2 heterocycles. The Bertz CT molecular complexity index is 976. The van der Waals surface area contributed by atoms with Crippen LogP contribution in [-0.4, -0.2) is 30.1 Å². The molecule has 0 spiro atoms. The number of hydrogen-bond acceptors (Lipinski definition) is 7. The Morgan fingerprint density at radius 2 is 2.17 bits per heavy atom. The van der Waals surface area contributed by atoms with Crippen molar-refractivity contribution < 1.29 is 28.4 Å². The van der Waals surface area contributed by atoms with Gasteiger partial charge in [-0.05, 0) is 24.4 Å². The number of thiophene rings is 1. The maximum atomic E-state index is 13.5. The first-order valence-corrected chi connectivity index (χ1v) is 9.36. The maximum Gasteiger partial charge on any atom is 0.338 e. The summed E-state index contributed by atoms with van der Waals surface area (Å²) in [4.78, 5) is 35.8. The normalized spacial score (nSPS) is 16.1. The van der Waals surface area contributed by atoms with Crippen molar-refractivity contribution in [1.82, 2.24) is 10.6 Å². The topological polar surface area (TPSA) is 120 Å². The standard InChI is InChI=1S/C18H16FN3O6S/c1-2-27-17(23)15-11(20-18(24)21-16(15)14-4-3-7-29-14)9-28-13-8-10(19)5-6-12(13)22(25)26/h3-8,16H,2,9H2,1H3,(H2,20,21,24). The van der Waals surface area contributed by atoms with Crippen LogP contribution in [0, 0.1) is 15.9 Å². The molecule has 1 unspecified atom stereocenters. The molecule has 29 heavy (non-hydrogen) atoms. The van der Waals surface area contributed by atoms with Gasteiger partial charge in [0.25, 0.3) is 0 Å². The van der Waals surface area contributed by atoms with Crippen LogP contribution in [0.4, 0.5) is 14.9 Å². The molecule has 11 heteroatoms. The number of hydrogen-bond donors (Lipinski definition) is 2. The van der Waals surface area contributed by atoms with E-state index in [4.69, 9.17) is 9.47 Å². The van der Waals surface area contributed by atoms with Crippen molar-refractivity contribution in [1.29, 1.82) is 0 Å². The molecule has 1 aromatic carbocycles. The molecule has 1 atom stereocenters. The van der Waals surface area contributed by atoms with E-state index in [1.54, 1.807) is 24.4 Å². The van der Waals surface area contributed by atoms with Crippen LogP contribution in [0.15, 0.2) is 47.0 Å². The molecule has 1 aromatic heterocycles. The minimum atomic E-state index is -0.774. The van der Waals surface area contributed by atoms with E-state index in [9.17, 15) is 24.1 Å². The molecular formula is C18H16FN3O6S. The minimum absolute atomic E-state index is 0.0733. The quantitative estimate of drug-likeness (QED) is 0.403. The van der Waals surface area contributed by atoms with Gasteiger partial charge in [-0.1, -0.05) is 6.07 Å². The van der Waals surface area contributed by atoms with Gasteiger partial charge in [0.1, 0.15) is 12.4 Å². The molecule has 0 radical (unpaired) electrons. The van der Waals surface area contributed by atoms with Gasteiger partial charge in [-0.25, -0.2) is 14.0 Å². The van der Waals surface area contributed by atoms with Crippen molar-refractivity contribution in [3.05, 3.63) is 67.8 Å². The van der Waals surface area contributed by atoms with Crippen molar-refractivity contribution in [3.63, 3.8) is 0 Å². The summed E-state index contributed by atoms with van der Waals surface area (Å²) in [5, 5.41) is 18.1. The lowest BCUT2D eigenvalue weighted by Gasteiger charge is -2.28. The Morgan fingerprint density at radius 3 is 2.83 bits per heavy atom.